The number of nitrogen functional groups attached to an aromatic ring is 1. The first-order chi connectivity index (χ1) is 9.68. The number of benzene rings is 1. The molecule has 1 fully saturated rings. The Balaban J connectivity index is 1.84. The summed E-state index contributed by atoms with van der Waals surface area (Å²) < 4.78 is 0. The van der Waals surface area contributed by atoms with Gasteiger partial charge in [0.2, 0.25) is 5.91 Å². The molecule has 1 amide bonds. The molecule has 1 unspecified atom stereocenters. The number of carbonyl (C=O) groups excluding carboxylic acids is 1. The molecule has 0 aliphatic carbocycles. The van der Waals surface area contributed by atoms with Crippen LogP contribution in [0.25, 0.3) is 0 Å². The highest BCUT2D eigenvalue weighted by Gasteiger charge is 2.30. The van der Waals surface area contributed by atoms with Gasteiger partial charge in [-0.1, -0.05) is 6.07 Å². The fourth-order valence-electron chi connectivity index (χ4n) is 3.42. The minimum Gasteiger partial charge on any atom is -0.398 e. The zero-order valence-electron chi connectivity index (χ0n) is 12.1. The van der Waals surface area contributed by atoms with Gasteiger partial charge in [-0.3, -0.25) is 4.79 Å². The summed E-state index contributed by atoms with van der Waals surface area (Å²) in [5.41, 5.74) is 9.29. The Bertz CT molecular complexity index is 508. The van der Waals surface area contributed by atoms with Gasteiger partial charge >= 0.3 is 0 Å². The van der Waals surface area contributed by atoms with Crippen molar-refractivity contribution in [3.05, 3.63) is 23.8 Å². The summed E-state index contributed by atoms with van der Waals surface area (Å²) in [6.45, 7) is 4.80. The van der Waals surface area contributed by atoms with Gasteiger partial charge in [-0.05, 0) is 50.3 Å². The van der Waals surface area contributed by atoms with Gasteiger partial charge in [0.05, 0.1) is 0 Å². The first-order valence-electron chi connectivity index (χ1n) is 7.61. The van der Waals surface area contributed by atoms with Crippen molar-refractivity contribution in [2.45, 2.75) is 38.6 Å². The Morgan fingerprint density at radius 1 is 1.20 bits per heavy atom. The lowest BCUT2D eigenvalue weighted by atomic mass is 9.98. The summed E-state index contributed by atoms with van der Waals surface area (Å²) in [4.78, 5) is 16.8. The van der Waals surface area contributed by atoms with Gasteiger partial charge in [-0.15, -0.1) is 0 Å². The molecule has 2 heterocycles. The fourth-order valence-corrected chi connectivity index (χ4v) is 3.42. The van der Waals surface area contributed by atoms with E-state index in [0.29, 0.717) is 0 Å². The van der Waals surface area contributed by atoms with Crippen LogP contribution in [0.4, 0.5) is 11.4 Å². The van der Waals surface area contributed by atoms with E-state index in [1.54, 1.807) is 0 Å². The van der Waals surface area contributed by atoms with E-state index in [2.05, 4.69) is 11.0 Å². The second-order valence-corrected chi connectivity index (χ2v) is 5.85. The Hall–Kier alpha value is -1.71. The van der Waals surface area contributed by atoms with Crippen LogP contribution in [0, 0.1) is 0 Å². The van der Waals surface area contributed by atoms with Gasteiger partial charge in [-0.25, -0.2) is 0 Å². The molecular formula is C16H23N3O. The maximum absolute atomic E-state index is 12.6. The van der Waals surface area contributed by atoms with E-state index in [4.69, 9.17) is 5.73 Å². The molecule has 1 atom stereocenters. The molecule has 2 aliphatic heterocycles. The largest absolute Gasteiger partial charge is 0.398 e. The van der Waals surface area contributed by atoms with E-state index >= 15 is 0 Å². The highest BCUT2D eigenvalue weighted by molar-refractivity contribution is 5.86. The summed E-state index contributed by atoms with van der Waals surface area (Å²) in [5.74, 6) is 0.262. The standard InChI is InChI=1S/C16H23N3O/c1-12(16(20)18-9-2-3-10-18)19-11-5-6-13-14(17)7-4-8-15(13)19/h4,7-8,12H,2-3,5-6,9-11,17H2,1H3. The smallest absolute Gasteiger partial charge is 0.244 e. The number of nitrogens with zero attached hydrogens (tertiary/aromatic N) is 2. The second-order valence-electron chi connectivity index (χ2n) is 5.85. The van der Waals surface area contributed by atoms with Crippen molar-refractivity contribution in [2.24, 2.45) is 0 Å². The lowest BCUT2D eigenvalue weighted by Crippen LogP contribution is -2.48. The predicted octanol–water partition coefficient (Wildman–Crippen LogP) is 2.03. The molecule has 2 aliphatic rings. The van der Waals surface area contributed by atoms with Crippen LogP contribution in [0.15, 0.2) is 18.2 Å². The van der Waals surface area contributed by atoms with Gasteiger partial charge in [0.25, 0.3) is 0 Å². The molecule has 0 radical (unpaired) electrons. The van der Waals surface area contributed by atoms with Crippen molar-refractivity contribution in [3.8, 4) is 0 Å². The first kappa shape index (κ1) is 13.3. The second kappa shape index (κ2) is 5.35. The van der Waals surface area contributed by atoms with E-state index < -0.39 is 0 Å². The zero-order chi connectivity index (χ0) is 14.1. The molecule has 4 heteroatoms. The maximum Gasteiger partial charge on any atom is 0.244 e. The van der Waals surface area contributed by atoms with Crippen molar-refractivity contribution in [1.82, 2.24) is 4.90 Å². The molecule has 4 nitrogen and oxygen atoms in total. The number of carbonyl (C=O) groups is 1. The summed E-state index contributed by atoms with van der Waals surface area (Å²) >= 11 is 0. The predicted molar refractivity (Wildman–Crippen MR) is 81.8 cm³/mol. The monoisotopic (exact) mass is 273 g/mol. The van der Waals surface area contributed by atoms with Gasteiger partial charge in [0, 0.05) is 31.0 Å². The normalized spacial score (nSPS) is 19.9. The SMILES string of the molecule is CC(C(=O)N1CCCC1)N1CCCc2c(N)cccc21. The van der Waals surface area contributed by atoms with Crippen molar-refractivity contribution >= 4 is 17.3 Å². The van der Waals surface area contributed by atoms with Crippen molar-refractivity contribution in [3.63, 3.8) is 0 Å². The molecule has 2 N–H and O–H groups in total. The topological polar surface area (TPSA) is 49.6 Å². The zero-order valence-corrected chi connectivity index (χ0v) is 12.1. The average Bonchev–Trinajstić information content (AvgIpc) is 3.00. The number of anilines is 2. The molecule has 0 saturated carbocycles. The van der Waals surface area contributed by atoms with E-state index in [1.807, 2.05) is 24.0 Å². The summed E-state index contributed by atoms with van der Waals surface area (Å²) in [6.07, 6.45) is 4.37. The number of hydrogen-bond donors (Lipinski definition) is 1. The van der Waals surface area contributed by atoms with Crippen LogP contribution in [0.2, 0.25) is 0 Å². The number of likely N-dealkylation sites (tertiary alicyclic amines) is 1. The molecule has 20 heavy (non-hydrogen) atoms. The molecule has 1 saturated heterocycles. The quantitative estimate of drug-likeness (QED) is 0.839. The average molecular weight is 273 g/mol. The van der Waals surface area contributed by atoms with E-state index in [-0.39, 0.29) is 11.9 Å². The lowest BCUT2D eigenvalue weighted by molar-refractivity contribution is -0.131. The van der Waals surface area contributed by atoms with Gasteiger partial charge < -0.3 is 15.5 Å². The van der Waals surface area contributed by atoms with E-state index in [1.165, 1.54) is 5.56 Å². The number of fused-ring (bicyclic) bond motifs is 1. The first-order valence-corrected chi connectivity index (χ1v) is 7.61. The van der Waals surface area contributed by atoms with Crippen LogP contribution in [-0.2, 0) is 11.2 Å². The lowest BCUT2D eigenvalue weighted by Gasteiger charge is -2.37. The molecule has 1 aromatic carbocycles. The third kappa shape index (κ3) is 2.23. The number of rotatable bonds is 2. The fraction of sp³-hybridized carbons (Fsp3) is 0.562. The van der Waals surface area contributed by atoms with Gasteiger partial charge in [0.1, 0.15) is 6.04 Å². The summed E-state index contributed by atoms with van der Waals surface area (Å²) in [6, 6.07) is 5.95. The minimum atomic E-state index is -0.0889. The Kier molecular flexibility index (Phi) is 3.55. The van der Waals surface area contributed by atoms with E-state index in [0.717, 1.165) is 56.7 Å². The molecule has 1 aromatic rings. The van der Waals surface area contributed by atoms with Gasteiger partial charge in [-0.2, -0.15) is 0 Å². The van der Waals surface area contributed by atoms with Crippen molar-refractivity contribution in [2.75, 3.05) is 30.3 Å². The third-order valence-electron chi connectivity index (χ3n) is 4.57. The number of hydrogen-bond acceptors (Lipinski definition) is 3. The molecule has 0 spiro atoms. The Labute approximate surface area is 120 Å². The highest BCUT2D eigenvalue weighted by Crippen LogP contribution is 2.33. The number of amides is 1. The Morgan fingerprint density at radius 2 is 1.95 bits per heavy atom. The van der Waals surface area contributed by atoms with Gasteiger partial charge in [0.15, 0.2) is 0 Å². The van der Waals surface area contributed by atoms with Crippen LogP contribution in [0.5, 0.6) is 0 Å². The molecule has 0 aromatic heterocycles. The summed E-state index contributed by atoms with van der Waals surface area (Å²) in [5, 5.41) is 0. The van der Waals surface area contributed by atoms with Crippen molar-refractivity contribution < 1.29 is 4.79 Å². The van der Waals surface area contributed by atoms with Crippen LogP contribution in [0.1, 0.15) is 31.7 Å². The van der Waals surface area contributed by atoms with Crippen LogP contribution in [0.3, 0.4) is 0 Å². The molecule has 3 rings (SSSR count). The highest BCUT2D eigenvalue weighted by atomic mass is 16.2. The molecular weight excluding hydrogens is 250 g/mol. The maximum atomic E-state index is 12.6. The number of nitrogens with two attached hydrogens (primary N) is 1. The molecule has 0 bridgehead atoms. The molecule has 108 valence electrons. The summed E-state index contributed by atoms with van der Waals surface area (Å²) in [7, 11) is 0. The van der Waals surface area contributed by atoms with E-state index in [9.17, 15) is 4.79 Å². The minimum absolute atomic E-state index is 0.0889. The Morgan fingerprint density at radius 3 is 2.70 bits per heavy atom. The van der Waals surface area contributed by atoms with Crippen LogP contribution >= 0.6 is 0 Å². The van der Waals surface area contributed by atoms with Crippen LogP contribution in [-0.4, -0.2) is 36.5 Å². The third-order valence-corrected chi connectivity index (χ3v) is 4.57. The van der Waals surface area contributed by atoms with Crippen molar-refractivity contribution in [1.29, 1.82) is 0 Å². The van der Waals surface area contributed by atoms with Crippen LogP contribution < -0.4 is 10.6 Å².